The summed E-state index contributed by atoms with van der Waals surface area (Å²) in [5, 5.41) is 7.58. The number of aliphatic imine (C=N–C) groups is 1. The first-order valence-corrected chi connectivity index (χ1v) is 8.55. The standard InChI is InChI=1S/C14H22F3N5S/c1-18-13(19-5-8-22-6-3-2-4-7-22)20-9-12-21-11(10-23-12)14(15,16)17/h10H,2-9H2,1H3,(H2,18,19,20). The number of likely N-dealkylation sites (tertiary alicyclic amines) is 1. The van der Waals surface area contributed by atoms with E-state index >= 15 is 0 Å². The zero-order valence-corrected chi connectivity index (χ0v) is 13.9. The van der Waals surface area contributed by atoms with Crippen molar-refractivity contribution in [3.05, 3.63) is 16.1 Å². The molecule has 0 atom stereocenters. The lowest BCUT2D eigenvalue weighted by molar-refractivity contribution is -0.140. The molecule has 0 amide bonds. The number of piperidine rings is 1. The predicted octanol–water partition coefficient (Wildman–Crippen LogP) is 2.31. The molecule has 1 aromatic rings. The summed E-state index contributed by atoms with van der Waals surface area (Å²) < 4.78 is 37.5. The van der Waals surface area contributed by atoms with Crippen molar-refractivity contribution in [2.75, 3.05) is 33.2 Å². The van der Waals surface area contributed by atoms with Gasteiger partial charge in [-0.2, -0.15) is 13.2 Å². The molecule has 5 nitrogen and oxygen atoms in total. The summed E-state index contributed by atoms with van der Waals surface area (Å²) >= 11 is 0.991. The highest BCUT2D eigenvalue weighted by Crippen LogP contribution is 2.29. The molecule has 0 spiro atoms. The molecule has 1 aliphatic heterocycles. The Labute approximate surface area is 138 Å². The second-order valence-electron chi connectivity index (χ2n) is 5.38. The van der Waals surface area contributed by atoms with Crippen molar-refractivity contribution < 1.29 is 13.2 Å². The Kier molecular flexibility index (Phi) is 6.64. The highest BCUT2D eigenvalue weighted by Gasteiger charge is 2.33. The Balaban J connectivity index is 1.71. The molecule has 0 bridgehead atoms. The van der Waals surface area contributed by atoms with Gasteiger partial charge in [-0.25, -0.2) is 4.98 Å². The van der Waals surface area contributed by atoms with Gasteiger partial charge in [-0.15, -0.1) is 11.3 Å². The zero-order chi connectivity index (χ0) is 16.7. The normalized spacial score (nSPS) is 17.3. The monoisotopic (exact) mass is 349 g/mol. The number of hydrogen-bond acceptors (Lipinski definition) is 4. The lowest BCUT2D eigenvalue weighted by Gasteiger charge is -2.26. The van der Waals surface area contributed by atoms with Gasteiger partial charge in [-0.05, 0) is 25.9 Å². The maximum atomic E-state index is 12.5. The molecule has 1 fully saturated rings. The van der Waals surface area contributed by atoms with Crippen molar-refractivity contribution in [2.24, 2.45) is 4.99 Å². The summed E-state index contributed by atoms with van der Waals surface area (Å²) in [5.41, 5.74) is -0.840. The van der Waals surface area contributed by atoms with Crippen molar-refractivity contribution in [1.82, 2.24) is 20.5 Å². The van der Waals surface area contributed by atoms with Crippen LogP contribution in [0.4, 0.5) is 13.2 Å². The number of alkyl halides is 3. The van der Waals surface area contributed by atoms with E-state index < -0.39 is 11.9 Å². The predicted molar refractivity (Wildman–Crippen MR) is 85.6 cm³/mol. The Morgan fingerprint density at radius 1 is 1.30 bits per heavy atom. The highest BCUT2D eigenvalue weighted by molar-refractivity contribution is 7.09. The Bertz CT molecular complexity index is 509. The van der Waals surface area contributed by atoms with Crippen molar-refractivity contribution in [2.45, 2.75) is 32.0 Å². The number of halogens is 3. The van der Waals surface area contributed by atoms with Crippen LogP contribution in [0.2, 0.25) is 0 Å². The Morgan fingerprint density at radius 3 is 2.65 bits per heavy atom. The smallest absolute Gasteiger partial charge is 0.355 e. The van der Waals surface area contributed by atoms with Gasteiger partial charge in [-0.3, -0.25) is 4.99 Å². The fraction of sp³-hybridized carbons (Fsp3) is 0.714. The molecule has 2 N–H and O–H groups in total. The van der Waals surface area contributed by atoms with E-state index in [-0.39, 0.29) is 6.54 Å². The van der Waals surface area contributed by atoms with Crippen LogP contribution in [0.25, 0.3) is 0 Å². The molecule has 23 heavy (non-hydrogen) atoms. The molecule has 2 rings (SSSR count). The molecule has 0 aromatic carbocycles. The van der Waals surface area contributed by atoms with E-state index in [0.29, 0.717) is 11.0 Å². The number of rotatable bonds is 5. The minimum Gasteiger partial charge on any atom is -0.355 e. The summed E-state index contributed by atoms with van der Waals surface area (Å²) in [4.78, 5) is 10.1. The van der Waals surface area contributed by atoms with Crippen LogP contribution in [0.5, 0.6) is 0 Å². The van der Waals surface area contributed by atoms with E-state index in [1.165, 1.54) is 19.3 Å². The summed E-state index contributed by atoms with van der Waals surface area (Å²) in [6, 6.07) is 0. The number of thiazole rings is 1. The van der Waals surface area contributed by atoms with Gasteiger partial charge in [-0.1, -0.05) is 6.42 Å². The molecule has 1 saturated heterocycles. The van der Waals surface area contributed by atoms with Crippen molar-refractivity contribution >= 4 is 17.3 Å². The van der Waals surface area contributed by atoms with E-state index in [0.717, 1.165) is 42.9 Å². The summed E-state index contributed by atoms with van der Waals surface area (Å²) in [5.74, 6) is 0.575. The number of hydrogen-bond donors (Lipinski definition) is 2. The van der Waals surface area contributed by atoms with E-state index in [4.69, 9.17) is 0 Å². The number of nitrogens with one attached hydrogen (secondary N) is 2. The third-order valence-electron chi connectivity index (χ3n) is 3.64. The van der Waals surface area contributed by atoms with Gasteiger partial charge >= 0.3 is 6.18 Å². The van der Waals surface area contributed by atoms with E-state index in [1.807, 2.05) is 0 Å². The second kappa shape index (κ2) is 8.49. The fourth-order valence-corrected chi connectivity index (χ4v) is 3.16. The van der Waals surface area contributed by atoms with Gasteiger partial charge in [0.2, 0.25) is 0 Å². The van der Waals surface area contributed by atoms with Crippen LogP contribution in [-0.4, -0.2) is 49.1 Å². The van der Waals surface area contributed by atoms with Crippen LogP contribution in [0, 0.1) is 0 Å². The largest absolute Gasteiger partial charge is 0.434 e. The van der Waals surface area contributed by atoms with E-state index in [2.05, 4.69) is 25.5 Å². The van der Waals surface area contributed by atoms with Crippen LogP contribution < -0.4 is 10.6 Å². The first-order chi connectivity index (χ1) is 11.0. The summed E-state index contributed by atoms with van der Waals surface area (Å²) in [6.07, 6.45) is -0.582. The minimum atomic E-state index is -4.39. The third kappa shape index (κ3) is 5.98. The molecule has 9 heteroatoms. The Morgan fingerprint density at radius 2 is 2.04 bits per heavy atom. The van der Waals surface area contributed by atoms with Gasteiger partial charge in [0.05, 0.1) is 6.54 Å². The molecule has 1 aromatic heterocycles. The van der Waals surface area contributed by atoms with Gasteiger partial charge in [0.1, 0.15) is 5.01 Å². The lowest BCUT2D eigenvalue weighted by Crippen LogP contribution is -2.42. The highest BCUT2D eigenvalue weighted by atomic mass is 32.1. The zero-order valence-electron chi connectivity index (χ0n) is 13.1. The van der Waals surface area contributed by atoms with Crippen LogP contribution in [-0.2, 0) is 12.7 Å². The molecule has 0 unspecified atom stereocenters. The van der Waals surface area contributed by atoms with Gasteiger partial charge in [0.25, 0.3) is 0 Å². The minimum absolute atomic E-state index is 0.226. The lowest BCUT2D eigenvalue weighted by atomic mass is 10.1. The number of aromatic nitrogens is 1. The molecule has 0 aliphatic carbocycles. The SMILES string of the molecule is CN=C(NCCN1CCCCC1)NCc1nc(C(F)(F)F)cs1. The number of guanidine groups is 1. The van der Waals surface area contributed by atoms with Gasteiger partial charge in [0, 0.05) is 25.5 Å². The van der Waals surface area contributed by atoms with Crippen molar-refractivity contribution in [3.8, 4) is 0 Å². The second-order valence-corrected chi connectivity index (χ2v) is 6.32. The molecular formula is C14H22F3N5S. The van der Waals surface area contributed by atoms with Crippen molar-refractivity contribution in [1.29, 1.82) is 0 Å². The van der Waals surface area contributed by atoms with Gasteiger partial charge < -0.3 is 15.5 Å². The van der Waals surface area contributed by atoms with Gasteiger partial charge in [0.15, 0.2) is 11.7 Å². The molecule has 130 valence electrons. The van der Waals surface area contributed by atoms with Crippen LogP contribution in [0.1, 0.15) is 30.0 Å². The first kappa shape index (κ1) is 18.0. The summed E-state index contributed by atoms with van der Waals surface area (Å²) in [6.45, 7) is 4.19. The van der Waals surface area contributed by atoms with E-state index in [9.17, 15) is 13.2 Å². The maximum Gasteiger partial charge on any atom is 0.434 e. The fourth-order valence-electron chi connectivity index (χ4n) is 2.42. The summed E-state index contributed by atoms with van der Waals surface area (Å²) in [7, 11) is 1.64. The van der Waals surface area contributed by atoms with Crippen LogP contribution in [0.15, 0.2) is 10.4 Å². The van der Waals surface area contributed by atoms with Crippen molar-refractivity contribution in [3.63, 3.8) is 0 Å². The average molecular weight is 349 g/mol. The molecule has 1 aliphatic rings. The average Bonchev–Trinajstić information content (AvgIpc) is 3.01. The quantitative estimate of drug-likeness (QED) is 0.633. The Hall–Kier alpha value is -1.35. The maximum absolute atomic E-state index is 12.5. The molecular weight excluding hydrogens is 327 g/mol. The molecule has 2 heterocycles. The molecule has 0 saturated carbocycles. The third-order valence-corrected chi connectivity index (χ3v) is 4.49. The number of nitrogens with zero attached hydrogens (tertiary/aromatic N) is 3. The van der Waals surface area contributed by atoms with Crippen LogP contribution >= 0.6 is 11.3 Å². The topological polar surface area (TPSA) is 52.6 Å². The molecule has 0 radical (unpaired) electrons. The van der Waals surface area contributed by atoms with E-state index in [1.54, 1.807) is 7.05 Å². The first-order valence-electron chi connectivity index (χ1n) is 7.67. The van der Waals surface area contributed by atoms with Crippen LogP contribution in [0.3, 0.4) is 0 Å².